The number of aromatic nitrogens is 3. The third-order valence-electron chi connectivity index (χ3n) is 1.40. The molecule has 4 nitrogen and oxygen atoms in total. The maximum absolute atomic E-state index is 9.11. The Bertz CT molecular complexity index is 209. The van der Waals surface area contributed by atoms with Gasteiger partial charge in [0, 0.05) is 13.0 Å². The Morgan fingerprint density at radius 1 is 1.50 bits per heavy atom. The van der Waals surface area contributed by atoms with Crippen molar-refractivity contribution in [2.24, 2.45) is 7.05 Å². The lowest BCUT2D eigenvalue weighted by molar-refractivity contribution is 0.442. The lowest BCUT2D eigenvalue weighted by Gasteiger charge is -2.02. The number of aromatic hydroxyl groups is 1. The van der Waals surface area contributed by atoms with Gasteiger partial charge in [0.25, 0.3) is 5.88 Å². The van der Waals surface area contributed by atoms with Gasteiger partial charge in [-0.15, -0.1) is 0 Å². The monoisotopic (exact) mass is 141 g/mol. The second-order valence-corrected chi connectivity index (χ2v) is 2.58. The molecule has 0 amide bonds. The standard InChI is InChI=1S/C6H11N3O/c1-4(2)5-6(10)7-8-9(5)3/h4,10H,1-3H3. The van der Waals surface area contributed by atoms with Gasteiger partial charge in [0.2, 0.25) is 0 Å². The molecular weight excluding hydrogens is 130 g/mol. The van der Waals surface area contributed by atoms with Crippen LogP contribution in [0, 0.1) is 0 Å². The zero-order valence-electron chi connectivity index (χ0n) is 6.37. The summed E-state index contributed by atoms with van der Waals surface area (Å²) in [5.74, 6) is 0.303. The highest BCUT2D eigenvalue weighted by Crippen LogP contribution is 2.20. The smallest absolute Gasteiger partial charge is 0.254 e. The largest absolute Gasteiger partial charge is 0.491 e. The Kier molecular flexibility index (Phi) is 1.61. The minimum absolute atomic E-state index is 0.0394. The number of hydrogen-bond acceptors (Lipinski definition) is 3. The molecule has 0 bridgehead atoms. The summed E-state index contributed by atoms with van der Waals surface area (Å²) in [7, 11) is 1.77. The highest BCUT2D eigenvalue weighted by Gasteiger charge is 2.11. The van der Waals surface area contributed by atoms with Crippen LogP contribution >= 0.6 is 0 Å². The molecule has 0 atom stereocenters. The fourth-order valence-corrected chi connectivity index (χ4v) is 0.985. The molecule has 4 heteroatoms. The van der Waals surface area contributed by atoms with E-state index in [0.29, 0.717) is 0 Å². The first-order valence-electron chi connectivity index (χ1n) is 3.21. The summed E-state index contributed by atoms with van der Waals surface area (Å²) in [5, 5.41) is 16.3. The first kappa shape index (κ1) is 7.05. The minimum Gasteiger partial charge on any atom is -0.491 e. The van der Waals surface area contributed by atoms with Crippen molar-refractivity contribution in [1.29, 1.82) is 0 Å². The molecule has 1 N–H and O–H groups in total. The molecular formula is C6H11N3O. The second kappa shape index (κ2) is 2.28. The van der Waals surface area contributed by atoms with Crippen LogP contribution in [-0.4, -0.2) is 20.1 Å². The molecule has 0 fully saturated rings. The van der Waals surface area contributed by atoms with Gasteiger partial charge < -0.3 is 5.11 Å². The maximum Gasteiger partial charge on any atom is 0.254 e. The Hall–Kier alpha value is -1.06. The highest BCUT2D eigenvalue weighted by molar-refractivity contribution is 5.17. The third-order valence-corrected chi connectivity index (χ3v) is 1.40. The lowest BCUT2D eigenvalue weighted by Crippen LogP contribution is -1.99. The molecule has 1 aromatic heterocycles. The van der Waals surface area contributed by atoms with E-state index in [4.69, 9.17) is 5.11 Å². The van der Waals surface area contributed by atoms with E-state index < -0.39 is 0 Å². The summed E-state index contributed by atoms with van der Waals surface area (Å²) in [4.78, 5) is 0. The number of nitrogens with zero attached hydrogens (tertiary/aromatic N) is 3. The Morgan fingerprint density at radius 2 is 2.10 bits per heavy atom. The number of aryl methyl sites for hydroxylation is 1. The summed E-state index contributed by atoms with van der Waals surface area (Å²) in [6.45, 7) is 3.97. The number of rotatable bonds is 1. The van der Waals surface area contributed by atoms with Gasteiger partial charge in [-0.1, -0.05) is 24.2 Å². The molecule has 0 aliphatic rings. The zero-order valence-corrected chi connectivity index (χ0v) is 6.37. The van der Waals surface area contributed by atoms with Crippen LogP contribution in [-0.2, 0) is 7.05 Å². The van der Waals surface area contributed by atoms with E-state index in [1.165, 1.54) is 0 Å². The summed E-state index contributed by atoms with van der Waals surface area (Å²) in [5.41, 5.74) is 0.778. The van der Waals surface area contributed by atoms with Crippen LogP contribution in [0.1, 0.15) is 25.5 Å². The normalized spacial score (nSPS) is 10.8. The van der Waals surface area contributed by atoms with Crippen molar-refractivity contribution in [2.75, 3.05) is 0 Å². The fourth-order valence-electron chi connectivity index (χ4n) is 0.985. The van der Waals surface area contributed by atoms with Gasteiger partial charge in [-0.05, 0) is 0 Å². The maximum atomic E-state index is 9.11. The Labute approximate surface area is 59.5 Å². The fraction of sp³-hybridized carbons (Fsp3) is 0.667. The SMILES string of the molecule is CC(C)c1c(O)nnn1C. The van der Waals surface area contributed by atoms with Gasteiger partial charge in [0.05, 0.1) is 0 Å². The molecule has 0 aliphatic carbocycles. The Morgan fingerprint density at radius 3 is 2.30 bits per heavy atom. The molecule has 0 saturated carbocycles. The predicted molar refractivity (Wildman–Crippen MR) is 36.8 cm³/mol. The van der Waals surface area contributed by atoms with Crippen LogP contribution in [0.15, 0.2) is 0 Å². The van der Waals surface area contributed by atoms with E-state index in [1.54, 1.807) is 11.7 Å². The molecule has 56 valence electrons. The second-order valence-electron chi connectivity index (χ2n) is 2.58. The molecule has 0 unspecified atom stereocenters. The Balaban J connectivity index is 3.10. The summed E-state index contributed by atoms with van der Waals surface area (Å²) < 4.78 is 1.58. The topological polar surface area (TPSA) is 50.9 Å². The van der Waals surface area contributed by atoms with Crippen molar-refractivity contribution < 1.29 is 5.11 Å². The van der Waals surface area contributed by atoms with Crippen LogP contribution in [0.2, 0.25) is 0 Å². The van der Waals surface area contributed by atoms with E-state index >= 15 is 0 Å². The van der Waals surface area contributed by atoms with E-state index in [2.05, 4.69) is 10.3 Å². The molecule has 0 radical (unpaired) electrons. The number of hydrogen-bond donors (Lipinski definition) is 1. The van der Waals surface area contributed by atoms with Gasteiger partial charge in [-0.2, -0.15) is 0 Å². The van der Waals surface area contributed by atoms with Crippen molar-refractivity contribution in [3.63, 3.8) is 0 Å². The van der Waals surface area contributed by atoms with Crippen molar-refractivity contribution >= 4 is 0 Å². The molecule has 0 saturated heterocycles. The molecule has 1 rings (SSSR count). The van der Waals surface area contributed by atoms with Gasteiger partial charge in [0.15, 0.2) is 0 Å². The van der Waals surface area contributed by atoms with E-state index in [0.717, 1.165) is 5.69 Å². The van der Waals surface area contributed by atoms with E-state index in [1.807, 2.05) is 13.8 Å². The lowest BCUT2D eigenvalue weighted by atomic mass is 10.1. The molecule has 1 heterocycles. The van der Waals surface area contributed by atoms with Crippen molar-refractivity contribution in [3.05, 3.63) is 5.69 Å². The van der Waals surface area contributed by atoms with Gasteiger partial charge >= 0.3 is 0 Å². The third kappa shape index (κ3) is 0.964. The molecule has 10 heavy (non-hydrogen) atoms. The highest BCUT2D eigenvalue weighted by atomic mass is 16.3. The van der Waals surface area contributed by atoms with Crippen molar-refractivity contribution in [1.82, 2.24) is 15.0 Å². The van der Waals surface area contributed by atoms with Crippen molar-refractivity contribution in [3.8, 4) is 5.88 Å². The summed E-state index contributed by atoms with van der Waals surface area (Å²) in [6.07, 6.45) is 0. The molecule has 0 spiro atoms. The average Bonchev–Trinajstić information content (AvgIpc) is 2.11. The van der Waals surface area contributed by atoms with Crippen LogP contribution in [0.3, 0.4) is 0 Å². The van der Waals surface area contributed by atoms with Crippen LogP contribution < -0.4 is 0 Å². The summed E-state index contributed by atoms with van der Waals surface area (Å²) in [6, 6.07) is 0. The zero-order chi connectivity index (χ0) is 7.72. The minimum atomic E-state index is 0.0394. The average molecular weight is 141 g/mol. The van der Waals surface area contributed by atoms with Gasteiger partial charge in [0.1, 0.15) is 5.69 Å². The van der Waals surface area contributed by atoms with Crippen molar-refractivity contribution in [2.45, 2.75) is 19.8 Å². The first-order chi connectivity index (χ1) is 4.63. The van der Waals surface area contributed by atoms with Gasteiger partial charge in [-0.25, -0.2) is 4.68 Å². The van der Waals surface area contributed by atoms with Gasteiger partial charge in [-0.3, -0.25) is 0 Å². The van der Waals surface area contributed by atoms with Crippen LogP contribution in [0.5, 0.6) is 5.88 Å². The van der Waals surface area contributed by atoms with E-state index in [-0.39, 0.29) is 11.8 Å². The first-order valence-corrected chi connectivity index (χ1v) is 3.21. The van der Waals surface area contributed by atoms with Crippen LogP contribution in [0.25, 0.3) is 0 Å². The van der Waals surface area contributed by atoms with E-state index in [9.17, 15) is 0 Å². The molecule has 0 aromatic carbocycles. The van der Waals surface area contributed by atoms with Crippen LogP contribution in [0.4, 0.5) is 0 Å². The predicted octanol–water partition coefficient (Wildman–Crippen LogP) is 0.644. The quantitative estimate of drug-likeness (QED) is 0.624. The molecule has 1 aromatic rings. The molecule has 0 aliphatic heterocycles. The summed E-state index contributed by atoms with van der Waals surface area (Å²) >= 11 is 0.